The van der Waals surface area contributed by atoms with Crippen molar-refractivity contribution in [2.24, 2.45) is 5.73 Å². The summed E-state index contributed by atoms with van der Waals surface area (Å²) in [5, 5.41) is 0.783. The van der Waals surface area contributed by atoms with Crippen molar-refractivity contribution < 1.29 is 4.74 Å². The van der Waals surface area contributed by atoms with Gasteiger partial charge >= 0.3 is 0 Å². The Hall–Kier alpha value is -0.570. The van der Waals surface area contributed by atoms with Gasteiger partial charge in [-0.1, -0.05) is 23.7 Å². The Balaban J connectivity index is 2.28. The van der Waals surface area contributed by atoms with Crippen molar-refractivity contribution in [3.63, 3.8) is 0 Å². The maximum absolute atomic E-state index is 6.04. The number of rotatable bonds is 1. The van der Waals surface area contributed by atoms with E-state index in [9.17, 15) is 0 Å². The van der Waals surface area contributed by atoms with Crippen molar-refractivity contribution >= 4 is 11.6 Å². The molecule has 2 atom stereocenters. The first-order valence-electron chi connectivity index (χ1n) is 4.81. The van der Waals surface area contributed by atoms with Crippen molar-refractivity contribution in [3.8, 4) is 0 Å². The molecule has 0 saturated carbocycles. The van der Waals surface area contributed by atoms with Crippen molar-refractivity contribution in [1.29, 1.82) is 0 Å². The number of ether oxygens (including phenoxy) is 1. The Labute approximate surface area is 89.0 Å². The Morgan fingerprint density at radius 2 is 2.29 bits per heavy atom. The lowest BCUT2D eigenvalue weighted by Gasteiger charge is -2.15. The highest BCUT2D eigenvalue weighted by Gasteiger charge is 2.26. The molecule has 76 valence electrons. The van der Waals surface area contributed by atoms with Gasteiger partial charge in [0.15, 0.2) is 0 Å². The van der Waals surface area contributed by atoms with Crippen LogP contribution in [0.3, 0.4) is 0 Å². The zero-order chi connectivity index (χ0) is 10.1. The smallest absolute Gasteiger partial charge is 0.0977 e. The van der Waals surface area contributed by atoms with Gasteiger partial charge < -0.3 is 10.5 Å². The highest BCUT2D eigenvalue weighted by atomic mass is 35.5. The zero-order valence-corrected chi connectivity index (χ0v) is 8.92. The molecule has 1 aromatic carbocycles. The quantitative estimate of drug-likeness (QED) is 0.775. The van der Waals surface area contributed by atoms with E-state index in [-0.39, 0.29) is 12.1 Å². The van der Waals surface area contributed by atoms with Crippen LogP contribution >= 0.6 is 11.6 Å². The summed E-state index contributed by atoms with van der Waals surface area (Å²) in [6.07, 6.45) is 0.948. The van der Waals surface area contributed by atoms with E-state index in [0.717, 1.165) is 29.2 Å². The molecule has 0 bridgehead atoms. The molecule has 0 amide bonds. The lowest BCUT2D eigenvalue weighted by molar-refractivity contribution is 0.105. The fourth-order valence-corrected chi connectivity index (χ4v) is 1.92. The van der Waals surface area contributed by atoms with Crippen LogP contribution in [0, 0.1) is 6.92 Å². The molecule has 1 heterocycles. The second-order valence-corrected chi connectivity index (χ2v) is 4.16. The maximum atomic E-state index is 6.04. The van der Waals surface area contributed by atoms with Gasteiger partial charge in [0.1, 0.15) is 0 Å². The van der Waals surface area contributed by atoms with Gasteiger partial charge in [-0.25, -0.2) is 0 Å². The fraction of sp³-hybridized carbons (Fsp3) is 0.455. The van der Waals surface area contributed by atoms with Crippen molar-refractivity contribution in [3.05, 3.63) is 34.3 Å². The van der Waals surface area contributed by atoms with Crippen molar-refractivity contribution in [2.45, 2.75) is 25.5 Å². The molecule has 1 aliphatic heterocycles. The van der Waals surface area contributed by atoms with Crippen molar-refractivity contribution in [2.75, 3.05) is 6.61 Å². The third-order valence-corrected chi connectivity index (χ3v) is 3.07. The Kier molecular flexibility index (Phi) is 2.77. The van der Waals surface area contributed by atoms with E-state index >= 15 is 0 Å². The maximum Gasteiger partial charge on any atom is 0.0977 e. The summed E-state index contributed by atoms with van der Waals surface area (Å²) < 4.78 is 5.56. The molecule has 0 radical (unpaired) electrons. The SMILES string of the molecule is Cc1ccc(C2OCCC2N)cc1Cl. The number of hydrogen-bond donors (Lipinski definition) is 1. The predicted octanol–water partition coefficient (Wildman–Crippen LogP) is 2.44. The molecule has 1 aliphatic rings. The fourth-order valence-electron chi connectivity index (χ4n) is 1.74. The van der Waals surface area contributed by atoms with Gasteiger partial charge in [0.2, 0.25) is 0 Å². The van der Waals surface area contributed by atoms with Crippen LogP contribution in [0.5, 0.6) is 0 Å². The monoisotopic (exact) mass is 211 g/mol. The van der Waals surface area contributed by atoms with E-state index in [4.69, 9.17) is 22.1 Å². The number of benzene rings is 1. The molecule has 2 N–H and O–H groups in total. The second kappa shape index (κ2) is 3.89. The summed E-state index contributed by atoms with van der Waals surface area (Å²) in [5.41, 5.74) is 8.10. The summed E-state index contributed by atoms with van der Waals surface area (Å²) >= 11 is 6.04. The van der Waals surface area contributed by atoms with E-state index in [1.807, 2.05) is 25.1 Å². The molecular formula is C11H14ClNO. The number of nitrogens with two attached hydrogens (primary N) is 1. The molecule has 2 unspecified atom stereocenters. The number of hydrogen-bond acceptors (Lipinski definition) is 2. The average molecular weight is 212 g/mol. The highest BCUT2D eigenvalue weighted by Crippen LogP contribution is 2.30. The topological polar surface area (TPSA) is 35.2 Å². The summed E-state index contributed by atoms with van der Waals surface area (Å²) in [6, 6.07) is 6.10. The standard InChI is InChI=1S/C11H14ClNO/c1-7-2-3-8(6-9(7)12)11-10(13)4-5-14-11/h2-3,6,10-11H,4-5,13H2,1H3. The molecular weight excluding hydrogens is 198 g/mol. The zero-order valence-electron chi connectivity index (χ0n) is 8.16. The summed E-state index contributed by atoms with van der Waals surface area (Å²) in [5.74, 6) is 0. The first kappa shape index (κ1) is 9.97. The third-order valence-electron chi connectivity index (χ3n) is 2.66. The molecule has 2 nitrogen and oxygen atoms in total. The van der Waals surface area contributed by atoms with Crippen LogP contribution in [-0.2, 0) is 4.74 Å². The normalized spacial score (nSPS) is 26.8. The Morgan fingerprint density at radius 3 is 2.86 bits per heavy atom. The second-order valence-electron chi connectivity index (χ2n) is 3.75. The molecule has 14 heavy (non-hydrogen) atoms. The van der Waals surface area contributed by atoms with Crippen LogP contribution < -0.4 is 5.73 Å². The molecule has 0 aromatic heterocycles. The van der Waals surface area contributed by atoms with Crippen LogP contribution in [0.4, 0.5) is 0 Å². The molecule has 0 aliphatic carbocycles. The van der Waals surface area contributed by atoms with Gasteiger partial charge in [0.25, 0.3) is 0 Å². The van der Waals surface area contributed by atoms with E-state index in [1.165, 1.54) is 0 Å². The van der Waals surface area contributed by atoms with E-state index in [2.05, 4.69) is 0 Å². The third kappa shape index (κ3) is 1.78. The minimum Gasteiger partial charge on any atom is -0.372 e. The number of aryl methyl sites for hydroxylation is 1. The van der Waals surface area contributed by atoms with E-state index < -0.39 is 0 Å². The Bertz CT molecular complexity index is 340. The predicted molar refractivity (Wildman–Crippen MR) is 57.5 cm³/mol. The van der Waals surface area contributed by atoms with Crippen LogP contribution in [0.2, 0.25) is 5.02 Å². The minimum absolute atomic E-state index is 0.0214. The molecule has 3 heteroatoms. The van der Waals surface area contributed by atoms with Crippen LogP contribution in [0.25, 0.3) is 0 Å². The van der Waals surface area contributed by atoms with Crippen LogP contribution in [0.1, 0.15) is 23.7 Å². The highest BCUT2D eigenvalue weighted by molar-refractivity contribution is 6.31. The van der Waals surface area contributed by atoms with Crippen LogP contribution in [0.15, 0.2) is 18.2 Å². The summed E-state index contributed by atoms with van der Waals surface area (Å²) in [4.78, 5) is 0. The summed E-state index contributed by atoms with van der Waals surface area (Å²) in [7, 11) is 0. The largest absolute Gasteiger partial charge is 0.372 e. The molecule has 0 spiro atoms. The van der Waals surface area contributed by atoms with Gasteiger partial charge in [-0.2, -0.15) is 0 Å². The lowest BCUT2D eigenvalue weighted by Crippen LogP contribution is -2.23. The van der Waals surface area contributed by atoms with E-state index in [0.29, 0.717) is 0 Å². The number of halogens is 1. The van der Waals surface area contributed by atoms with Crippen LogP contribution in [-0.4, -0.2) is 12.6 Å². The molecule has 1 fully saturated rings. The van der Waals surface area contributed by atoms with Gasteiger partial charge in [0.05, 0.1) is 6.10 Å². The van der Waals surface area contributed by atoms with Gasteiger partial charge in [-0.15, -0.1) is 0 Å². The van der Waals surface area contributed by atoms with Gasteiger partial charge in [-0.3, -0.25) is 0 Å². The van der Waals surface area contributed by atoms with Crippen molar-refractivity contribution in [1.82, 2.24) is 0 Å². The minimum atomic E-state index is 0.0214. The molecule has 1 aromatic rings. The van der Waals surface area contributed by atoms with Gasteiger partial charge in [-0.05, 0) is 30.5 Å². The first-order chi connectivity index (χ1) is 6.68. The molecule has 1 saturated heterocycles. The summed E-state index contributed by atoms with van der Waals surface area (Å²) in [6.45, 7) is 2.73. The van der Waals surface area contributed by atoms with E-state index in [1.54, 1.807) is 0 Å². The van der Waals surface area contributed by atoms with Gasteiger partial charge in [0, 0.05) is 17.7 Å². The average Bonchev–Trinajstić information content (AvgIpc) is 2.57. The first-order valence-corrected chi connectivity index (χ1v) is 5.19. The molecule has 2 rings (SSSR count). The lowest BCUT2D eigenvalue weighted by atomic mass is 10.0. The Morgan fingerprint density at radius 1 is 1.50 bits per heavy atom.